The molecule has 0 bridgehead atoms. The van der Waals surface area contributed by atoms with Crippen LogP contribution in [0.4, 0.5) is 0 Å². The summed E-state index contributed by atoms with van der Waals surface area (Å²) in [5.41, 5.74) is -0.204. The van der Waals surface area contributed by atoms with Crippen LogP contribution >= 0.6 is 0 Å². The van der Waals surface area contributed by atoms with E-state index >= 15 is 0 Å². The molecule has 1 atom stereocenters. The fraction of sp³-hybridized carbons (Fsp3) is 0.462. The molecule has 1 aromatic heterocycles. The van der Waals surface area contributed by atoms with Crippen molar-refractivity contribution in [3.63, 3.8) is 0 Å². The van der Waals surface area contributed by atoms with Gasteiger partial charge in [-0.2, -0.15) is 0 Å². The summed E-state index contributed by atoms with van der Waals surface area (Å²) in [5, 5.41) is 12.2. The monoisotopic (exact) mass is 266 g/mol. The van der Waals surface area contributed by atoms with Gasteiger partial charge in [-0.3, -0.25) is 9.59 Å². The number of amides is 1. The highest BCUT2D eigenvalue weighted by atomic mass is 16.3. The molecule has 0 fully saturated rings. The van der Waals surface area contributed by atoms with Gasteiger partial charge in [0.05, 0.1) is 12.6 Å². The average Bonchev–Trinajstić information content (AvgIpc) is 2.36. The van der Waals surface area contributed by atoms with E-state index in [1.807, 2.05) is 0 Å². The van der Waals surface area contributed by atoms with Gasteiger partial charge in [-0.15, -0.1) is 0 Å². The molecule has 1 aromatic rings. The fourth-order valence-electron chi connectivity index (χ4n) is 1.51. The molecule has 0 radical (unpaired) electrons. The summed E-state index contributed by atoms with van der Waals surface area (Å²) in [6.45, 7) is 1.59. The van der Waals surface area contributed by atoms with Crippen LogP contribution in [0, 0.1) is 0 Å². The van der Waals surface area contributed by atoms with Crippen molar-refractivity contribution in [2.45, 2.75) is 32.4 Å². The molecule has 19 heavy (non-hydrogen) atoms. The van der Waals surface area contributed by atoms with Gasteiger partial charge in [0.15, 0.2) is 0 Å². The lowest BCUT2D eigenvalue weighted by atomic mass is 10.2. The van der Waals surface area contributed by atoms with E-state index in [0.717, 1.165) is 0 Å². The number of hydrogen-bond acceptors (Lipinski definition) is 4. The first-order chi connectivity index (χ1) is 8.99. The number of rotatable bonds is 7. The van der Waals surface area contributed by atoms with Crippen LogP contribution in [-0.4, -0.2) is 34.0 Å². The maximum Gasteiger partial charge on any atom is 0.250 e. The largest absolute Gasteiger partial charge is 0.389 e. The molecule has 0 saturated heterocycles. The third-order valence-corrected chi connectivity index (χ3v) is 2.55. The molecule has 1 heterocycles. The van der Waals surface area contributed by atoms with Crippen molar-refractivity contribution in [1.82, 2.24) is 9.88 Å². The maximum atomic E-state index is 11.4. The Morgan fingerprint density at radius 1 is 1.37 bits per heavy atom. The summed E-state index contributed by atoms with van der Waals surface area (Å²) in [4.78, 5) is 33.4. The number of aliphatic hydroxyl groups excluding tert-OH is 1. The fourth-order valence-corrected chi connectivity index (χ4v) is 1.51. The van der Waals surface area contributed by atoms with Crippen molar-refractivity contribution in [2.24, 2.45) is 0 Å². The number of Topliss-reactive ketones (excluding diaryl/α,β-unsaturated/α-hetero) is 1. The molecule has 0 aromatic carbocycles. The first-order valence-electron chi connectivity index (χ1n) is 6.08. The van der Waals surface area contributed by atoms with Crippen LogP contribution in [-0.2, 0) is 16.1 Å². The van der Waals surface area contributed by atoms with Gasteiger partial charge in [0.25, 0.3) is 5.56 Å². The minimum Gasteiger partial charge on any atom is -0.389 e. The minimum atomic E-state index is -0.846. The van der Waals surface area contributed by atoms with Crippen molar-refractivity contribution in [3.05, 3.63) is 34.7 Å². The SMILES string of the molecule is CC(=O)CCC(=O)NCC(O)Cn1ccccc1=O. The highest BCUT2D eigenvalue weighted by molar-refractivity contribution is 5.83. The molecule has 1 rings (SSSR count). The Balaban J connectivity index is 2.34. The molecule has 0 aliphatic heterocycles. The second-order valence-corrected chi connectivity index (χ2v) is 4.35. The topological polar surface area (TPSA) is 88.4 Å². The molecular formula is C13H18N2O4. The molecule has 1 amide bonds. The molecule has 6 nitrogen and oxygen atoms in total. The molecule has 2 N–H and O–H groups in total. The zero-order chi connectivity index (χ0) is 14.3. The van der Waals surface area contributed by atoms with E-state index in [-0.39, 0.29) is 43.2 Å². The number of aliphatic hydroxyl groups is 1. The van der Waals surface area contributed by atoms with Crippen molar-refractivity contribution in [2.75, 3.05) is 6.54 Å². The summed E-state index contributed by atoms with van der Waals surface area (Å²) in [5.74, 6) is -0.332. The van der Waals surface area contributed by atoms with Crippen LogP contribution in [0.25, 0.3) is 0 Å². The zero-order valence-corrected chi connectivity index (χ0v) is 10.8. The molecule has 0 spiro atoms. The summed E-state index contributed by atoms with van der Waals surface area (Å²) < 4.78 is 1.37. The lowest BCUT2D eigenvalue weighted by molar-refractivity contribution is -0.125. The predicted molar refractivity (Wildman–Crippen MR) is 69.6 cm³/mol. The average molecular weight is 266 g/mol. The summed E-state index contributed by atoms with van der Waals surface area (Å²) in [6.07, 6.45) is 1.04. The van der Waals surface area contributed by atoms with E-state index in [1.54, 1.807) is 18.3 Å². The van der Waals surface area contributed by atoms with Crippen LogP contribution in [0.5, 0.6) is 0 Å². The Morgan fingerprint density at radius 2 is 2.11 bits per heavy atom. The molecule has 6 heteroatoms. The zero-order valence-electron chi connectivity index (χ0n) is 10.8. The van der Waals surface area contributed by atoms with Gasteiger partial charge in [0.2, 0.25) is 5.91 Å². The molecule has 0 aliphatic rings. The van der Waals surface area contributed by atoms with E-state index in [2.05, 4.69) is 5.32 Å². The second kappa shape index (κ2) is 7.48. The van der Waals surface area contributed by atoms with Gasteiger partial charge in [-0.05, 0) is 13.0 Å². The highest BCUT2D eigenvalue weighted by Gasteiger charge is 2.09. The van der Waals surface area contributed by atoms with Crippen LogP contribution < -0.4 is 10.9 Å². The number of nitrogens with zero attached hydrogens (tertiary/aromatic N) is 1. The quantitative estimate of drug-likeness (QED) is 0.709. The number of ketones is 1. The Morgan fingerprint density at radius 3 is 2.74 bits per heavy atom. The number of aromatic nitrogens is 1. The molecule has 0 saturated carbocycles. The number of pyridine rings is 1. The smallest absolute Gasteiger partial charge is 0.250 e. The second-order valence-electron chi connectivity index (χ2n) is 4.35. The standard InChI is InChI=1S/C13H18N2O4/c1-10(16)5-6-12(18)14-8-11(17)9-15-7-3-2-4-13(15)19/h2-4,7,11,17H,5-6,8-9H2,1H3,(H,14,18). The lowest BCUT2D eigenvalue weighted by Crippen LogP contribution is -2.36. The van der Waals surface area contributed by atoms with Crippen LogP contribution in [0.3, 0.4) is 0 Å². The molecule has 1 unspecified atom stereocenters. The van der Waals surface area contributed by atoms with Crippen LogP contribution in [0.2, 0.25) is 0 Å². The summed E-state index contributed by atoms with van der Waals surface area (Å²) in [7, 11) is 0. The Hall–Kier alpha value is -1.95. The third-order valence-electron chi connectivity index (χ3n) is 2.55. The van der Waals surface area contributed by atoms with Gasteiger partial charge in [-0.1, -0.05) is 6.07 Å². The normalized spacial score (nSPS) is 11.9. The van der Waals surface area contributed by atoms with E-state index in [4.69, 9.17) is 0 Å². The number of carbonyl (C=O) groups excluding carboxylic acids is 2. The molecule has 104 valence electrons. The maximum absolute atomic E-state index is 11.4. The van der Waals surface area contributed by atoms with Gasteiger partial charge in [0.1, 0.15) is 5.78 Å². The van der Waals surface area contributed by atoms with E-state index < -0.39 is 6.10 Å². The lowest BCUT2D eigenvalue weighted by Gasteiger charge is -2.13. The van der Waals surface area contributed by atoms with Crippen LogP contribution in [0.15, 0.2) is 29.2 Å². The Kier molecular flexibility index (Phi) is 5.95. The highest BCUT2D eigenvalue weighted by Crippen LogP contribution is 1.92. The van der Waals surface area contributed by atoms with Crippen molar-refractivity contribution < 1.29 is 14.7 Å². The van der Waals surface area contributed by atoms with Gasteiger partial charge < -0.3 is 19.8 Å². The van der Waals surface area contributed by atoms with Crippen molar-refractivity contribution in [3.8, 4) is 0 Å². The summed E-state index contributed by atoms with van der Waals surface area (Å²) >= 11 is 0. The van der Waals surface area contributed by atoms with E-state index in [9.17, 15) is 19.5 Å². The number of nitrogens with one attached hydrogen (secondary N) is 1. The van der Waals surface area contributed by atoms with Gasteiger partial charge in [-0.25, -0.2) is 0 Å². The first-order valence-corrected chi connectivity index (χ1v) is 6.08. The van der Waals surface area contributed by atoms with Crippen molar-refractivity contribution >= 4 is 11.7 Å². The van der Waals surface area contributed by atoms with Crippen molar-refractivity contribution in [1.29, 1.82) is 0 Å². The van der Waals surface area contributed by atoms with Gasteiger partial charge >= 0.3 is 0 Å². The third kappa shape index (κ3) is 5.96. The first kappa shape index (κ1) is 15.1. The van der Waals surface area contributed by atoms with E-state index in [1.165, 1.54) is 17.6 Å². The number of carbonyl (C=O) groups is 2. The van der Waals surface area contributed by atoms with E-state index in [0.29, 0.717) is 0 Å². The summed E-state index contributed by atoms with van der Waals surface area (Å²) in [6, 6.07) is 4.71. The number of hydrogen-bond donors (Lipinski definition) is 2. The van der Waals surface area contributed by atoms with Gasteiger partial charge in [0, 0.05) is 31.6 Å². The molecular weight excluding hydrogens is 248 g/mol. The van der Waals surface area contributed by atoms with Crippen LogP contribution in [0.1, 0.15) is 19.8 Å². The predicted octanol–water partition coefficient (Wildman–Crippen LogP) is -0.305. The molecule has 0 aliphatic carbocycles. The Bertz CT molecular complexity index is 495. The Labute approximate surface area is 111 Å². The minimum absolute atomic E-state index is 0.0495.